The topological polar surface area (TPSA) is 150 Å². The van der Waals surface area contributed by atoms with E-state index in [1.54, 1.807) is 6.07 Å². The number of aromatic amines is 1. The number of nitrogens with one attached hydrogen (secondary N) is 3. The molecule has 4 N–H and O–H groups in total. The predicted octanol–water partition coefficient (Wildman–Crippen LogP) is 2.76. The molecule has 204 valence electrons. The first kappa shape index (κ1) is 27.6. The normalized spacial score (nSPS) is 17.2. The van der Waals surface area contributed by atoms with Crippen LogP contribution < -0.4 is 21.1 Å². The van der Waals surface area contributed by atoms with Crippen LogP contribution in [0.3, 0.4) is 0 Å². The van der Waals surface area contributed by atoms with Crippen LogP contribution in [0, 0.1) is 17.4 Å². The maximum Gasteiger partial charge on any atom is 0.300 e. The van der Waals surface area contributed by atoms with Crippen LogP contribution >= 0.6 is 0 Å². The van der Waals surface area contributed by atoms with E-state index in [-0.39, 0.29) is 17.5 Å². The summed E-state index contributed by atoms with van der Waals surface area (Å²) in [4.78, 5) is 37.8. The Bertz CT molecular complexity index is 1460. The van der Waals surface area contributed by atoms with Gasteiger partial charge in [0.15, 0.2) is 0 Å². The van der Waals surface area contributed by atoms with Gasteiger partial charge in [0.1, 0.15) is 0 Å². The van der Waals surface area contributed by atoms with Crippen LogP contribution in [0.15, 0.2) is 52.3 Å². The molecule has 0 saturated carbocycles. The Morgan fingerprint density at radius 3 is 2.74 bits per heavy atom. The molecule has 2 aromatic carbocycles. The highest BCUT2D eigenvalue weighted by Crippen LogP contribution is 2.26. The lowest BCUT2D eigenvalue weighted by Gasteiger charge is -2.44. The van der Waals surface area contributed by atoms with Crippen molar-refractivity contribution < 1.29 is 9.90 Å². The number of carboxylic acids is 1. The monoisotopic (exact) mass is 530 g/mol. The number of para-hydroxylation sites is 1. The standard InChI is InChI=1S/C26H30N8O.C2H4O2/c1-17(2)23-15-33(26-31-22-8-4-3-7-20(22)24(35)32-26)12-13-34(23)25(29-16-27)30-21-9-5-6-18-14-28-11-10-19(18)21;1-2(3)4/h3-9,17,23,28H,10-15H2,1-2H3,(H,29,30)(H,31,32,35);1H3,(H,3,4). The highest BCUT2D eigenvalue weighted by atomic mass is 16.4. The van der Waals surface area contributed by atoms with Crippen LogP contribution in [0.5, 0.6) is 0 Å². The molecular weight excluding hydrogens is 496 g/mol. The van der Waals surface area contributed by atoms with Gasteiger partial charge in [0.25, 0.3) is 11.5 Å². The number of fused-ring (bicyclic) bond motifs is 2. The van der Waals surface area contributed by atoms with Crippen molar-refractivity contribution in [1.29, 1.82) is 5.26 Å². The van der Waals surface area contributed by atoms with Gasteiger partial charge in [-0.3, -0.25) is 14.6 Å². The molecule has 5 rings (SSSR count). The summed E-state index contributed by atoms with van der Waals surface area (Å²) in [5.74, 6) is 0.595. The molecule has 0 amide bonds. The molecule has 0 aliphatic carbocycles. The molecule has 39 heavy (non-hydrogen) atoms. The van der Waals surface area contributed by atoms with E-state index in [2.05, 4.69) is 56.4 Å². The van der Waals surface area contributed by atoms with Crippen molar-refractivity contribution in [3.8, 4) is 6.19 Å². The summed E-state index contributed by atoms with van der Waals surface area (Å²) in [5, 5.41) is 24.4. The van der Waals surface area contributed by atoms with Crippen LogP contribution in [0.25, 0.3) is 10.9 Å². The molecule has 1 saturated heterocycles. The lowest BCUT2D eigenvalue weighted by atomic mass is 9.98. The van der Waals surface area contributed by atoms with Gasteiger partial charge in [-0.15, -0.1) is 4.99 Å². The summed E-state index contributed by atoms with van der Waals surface area (Å²) in [6.07, 6.45) is 2.92. The number of hydrogen-bond donors (Lipinski definition) is 4. The average molecular weight is 531 g/mol. The first-order valence-electron chi connectivity index (χ1n) is 13.0. The van der Waals surface area contributed by atoms with Gasteiger partial charge in [0, 0.05) is 38.8 Å². The third-order valence-corrected chi connectivity index (χ3v) is 6.90. The SMILES string of the molecule is CC(=O)O.CC(C)C1CN(c2nc3ccccc3c(=O)[nH]2)CCN1/C(=N/C#N)Nc1cccc2c1CCNC2. The smallest absolute Gasteiger partial charge is 0.300 e. The Morgan fingerprint density at radius 1 is 1.23 bits per heavy atom. The number of carbonyl (C=O) groups is 1. The number of nitrogens with zero attached hydrogens (tertiary/aromatic N) is 5. The number of anilines is 2. The first-order chi connectivity index (χ1) is 18.8. The van der Waals surface area contributed by atoms with Crippen LogP contribution in [-0.4, -0.2) is 64.1 Å². The summed E-state index contributed by atoms with van der Waals surface area (Å²) < 4.78 is 0. The van der Waals surface area contributed by atoms with Crippen molar-refractivity contribution in [1.82, 2.24) is 20.2 Å². The van der Waals surface area contributed by atoms with E-state index >= 15 is 0 Å². The van der Waals surface area contributed by atoms with E-state index in [9.17, 15) is 10.1 Å². The second kappa shape index (κ2) is 12.4. The van der Waals surface area contributed by atoms with E-state index in [1.165, 1.54) is 11.1 Å². The maximum absolute atomic E-state index is 12.6. The predicted molar refractivity (Wildman–Crippen MR) is 152 cm³/mol. The van der Waals surface area contributed by atoms with E-state index in [4.69, 9.17) is 14.9 Å². The van der Waals surface area contributed by atoms with Gasteiger partial charge in [-0.2, -0.15) is 5.26 Å². The van der Waals surface area contributed by atoms with Crippen molar-refractivity contribution >= 4 is 34.5 Å². The Labute approximate surface area is 227 Å². The van der Waals surface area contributed by atoms with E-state index in [0.717, 1.165) is 32.1 Å². The molecule has 1 aromatic heterocycles. The Kier molecular flexibility index (Phi) is 8.78. The zero-order valence-corrected chi connectivity index (χ0v) is 22.4. The minimum absolute atomic E-state index is 0.0707. The number of aromatic nitrogens is 2. The number of rotatable bonds is 3. The van der Waals surface area contributed by atoms with Crippen LogP contribution in [0.2, 0.25) is 0 Å². The number of H-pyrrole nitrogens is 1. The quantitative estimate of drug-likeness (QED) is 0.228. The lowest BCUT2D eigenvalue weighted by molar-refractivity contribution is -0.134. The fraction of sp³-hybridized carbons (Fsp3) is 0.393. The minimum Gasteiger partial charge on any atom is -0.481 e. The highest BCUT2D eigenvalue weighted by molar-refractivity contribution is 5.95. The van der Waals surface area contributed by atoms with Crippen LogP contribution in [0.1, 0.15) is 31.9 Å². The summed E-state index contributed by atoms with van der Waals surface area (Å²) in [6.45, 7) is 9.13. The Balaban J connectivity index is 0.000000826. The van der Waals surface area contributed by atoms with Crippen molar-refractivity contribution in [2.75, 3.05) is 36.4 Å². The number of hydrogen-bond acceptors (Lipinski definition) is 7. The number of piperazine rings is 1. The molecule has 11 heteroatoms. The highest BCUT2D eigenvalue weighted by Gasteiger charge is 2.33. The molecule has 0 spiro atoms. The molecule has 11 nitrogen and oxygen atoms in total. The van der Waals surface area contributed by atoms with E-state index < -0.39 is 5.97 Å². The van der Waals surface area contributed by atoms with Gasteiger partial charge in [-0.05, 0) is 48.2 Å². The molecule has 3 heterocycles. The van der Waals surface area contributed by atoms with Crippen LogP contribution in [0.4, 0.5) is 11.6 Å². The second-order valence-electron chi connectivity index (χ2n) is 9.91. The average Bonchev–Trinajstić information content (AvgIpc) is 2.92. The van der Waals surface area contributed by atoms with Crippen LogP contribution in [-0.2, 0) is 17.8 Å². The van der Waals surface area contributed by atoms with Crippen molar-refractivity contribution in [2.45, 2.75) is 39.8 Å². The number of guanidine groups is 1. The summed E-state index contributed by atoms with van der Waals surface area (Å²) in [7, 11) is 0. The minimum atomic E-state index is -0.833. The van der Waals surface area contributed by atoms with Crippen molar-refractivity contribution in [3.05, 3.63) is 63.9 Å². The van der Waals surface area contributed by atoms with E-state index in [0.29, 0.717) is 42.4 Å². The first-order valence-corrected chi connectivity index (χ1v) is 13.0. The molecule has 1 unspecified atom stereocenters. The van der Waals surface area contributed by atoms with Gasteiger partial charge < -0.3 is 25.5 Å². The second-order valence-corrected chi connectivity index (χ2v) is 9.91. The number of benzene rings is 2. The summed E-state index contributed by atoms with van der Waals surface area (Å²) >= 11 is 0. The summed E-state index contributed by atoms with van der Waals surface area (Å²) in [6, 6.07) is 13.7. The Hall–Kier alpha value is -4.43. The van der Waals surface area contributed by atoms with Crippen molar-refractivity contribution in [3.63, 3.8) is 0 Å². The molecule has 2 aliphatic rings. The largest absolute Gasteiger partial charge is 0.481 e. The molecular formula is C28H34N8O3. The third kappa shape index (κ3) is 6.53. The molecule has 0 bridgehead atoms. The number of aliphatic carboxylic acids is 1. The number of nitriles is 1. The maximum atomic E-state index is 12.6. The number of aliphatic imine (C=N–C) groups is 1. The van der Waals surface area contributed by atoms with E-state index in [1.807, 2.05) is 30.5 Å². The van der Waals surface area contributed by atoms with Gasteiger partial charge in [0.2, 0.25) is 18.1 Å². The van der Waals surface area contributed by atoms with Crippen molar-refractivity contribution in [2.24, 2.45) is 10.9 Å². The lowest BCUT2D eigenvalue weighted by Crippen LogP contribution is -2.59. The zero-order chi connectivity index (χ0) is 27.9. The molecule has 0 radical (unpaired) electrons. The molecule has 1 atom stereocenters. The molecule has 1 fully saturated rings. The fourth-order valence-electron chi connectivity index (χ4n) is 5.04. The summed E-state index contributed by atoms with van der Waals surface area (Å²) in [5.41, 5.74) is 4.10. The van der Waals surface area contributed by atoms with Gasteiger partial charge in [-0.1, -0.05) is 38.1 Å². The van der Waals surface area contributed by atoms with Gasteiger partial charge >= 0.3 is 0 Å². The molecule has 3 aromatic rings. The molecule has 2 aliphatic heterocycles. The zero-order valence-electron chi connectivity index (χ0n) is 22.4. The Morgan fingerprint density at radius 2 is 2.00 bits per heavy atom. The van der Waals surface area contributed by atoms with Gasteiger partial charge in [-0.25, -0.2) is 4.98 Å². The van der Waals surface area contributed by atoms with Gasteiger partial charge in [0.05, 0.1) is 16.9 Å². The third-order valence-electron chi connectivity index (χ3n) is 6.90. The number of carboxylic acid groups (broad SMARTS) is 1. The fourth-order valence-corrected chi connectivity index (χ4v) is 5.04.